The Morgan fingerprint density at radius 3 is 2.51 bits per heavy atom. The van der Waals surface area contributed by atoms with E-state index in [0.29, 0.717) is 60.9 Å². The molecule has 4 fully saturated rings. The van der Waals surface area contributed by atoms with E-state index in [-0.39, 0.29) is 36.2 Å². The van der Waals surface area contributed by atoms with E-state index >= 15 is 0 Å². The van der Waals surface area contributed by atoms with E-state index in [2.05, 4.69) is 4.98 Å². The number of pyridine rings is 1. The number of ether oxygens (including phenoxy) is 2. The first-order valence-electron chi connectivity index (χ1n) is 12.9. The van der Waals surface area contributed by atoms with Gasteiger partial charge in [-0.15, -0.1) is 0 Å². The molecule has 7 nitrogen and oxygen atoms in total. The Bertz CT molecular complexity index is 1330. The summed E-state index contributed by atoms with van der Waals surface area (Å²) in [7, 11) is 1.58. The van der Waals surface area contributed by atoms with E-state index < -0.39 is 12.1 Å². The number of aryl methyl sites for hydroxylation is 2. The Labute approximate surface area is 213 Å². The number of alkyl halides is 3. The maximum absolute atomic E-state index is 13.9. The normalized spacial score (nSPS) is 29.7. The summed E-state index contributed by atoms with van der Waals surface area (Å²) >= 11 is 0. The zero-order valence-corrected chi connectivity index (χ0v) is 21.1. The van der Waals surface area contributed by atoms with Crippen molar-refractivity contribution in [1.82, 2.24) is 24.9 Å². The number of methoxy groups -OCH3 is 1. The minimum atomic E-state index is -4.20. The van der Waals surface area contributed by atoms with Gasteiger partial charge in [0, 0.05) is 30.2 Å². The van der Waals surface area contributed by atoms with Crippen LogP contribution in [0.2, 0.25) is 0 Å². The summed E-state index contributed by atoms with van der Waals surface area (Å²) in [4.78, 5) is 23.6. The number of nitrogens with zero attached hydrogens (tertiary/aromatic N) is 5. The lowest BCUT2D eigenvalue weighted by Gasteiger charge is -2.51. The zero-order valence-electron chi connectivity index (χ0n) is 21.1. The van der Waals surface area contributed by atoms with Crippen molar-refractivity contribution in [2.75, 3.05) is 13.7 Å². The van der Waals surface area contributed by atoms with Gasteiger partial charge in [-0.2, -0.15) is 13.2 Å². The van der Waals surface area contributed by atoms with Crippen LogP contribution in [0.4, 0.5) is 13.2 Å². The van der Waals surface area contributed by atoms with Crippen molar-refractivity contribution in [3.05, 3.63) is 46.8 Å². The highest BCUT2D eigenvalue weighted by Gasteiger charge is 2.56. The molecule has 3 aromatic heterocycles. The summed E-state index contributed by atoms with van der Waals surface area (Å²) in [6.45, 7) is 4.24. The molecule has 4 heterocycles. The Kier molecular flexibility index (Phi) is 6.05. The van der Waals surface area contributed by atoms with E-state index in [9.17, 15) is 13.2 Å². The summed E-state index contributed by atoms with van der Waals surface area (Å²) in [5, 5.41) is 0. The third-order valence-electron chi connectivity index (χ3n) is 8.61. The van der Waals surface area contributed by atoms with Crippen molar-refractivity contribution in [1.29, 1.82) is 0 Å². The second-order valence-electron chi connectivity index (χ2n) is 10.7. The summed E-state index contributed by atoms with van der Waals surface area (Å²) < 4.78 is 53.2. The van der Waals surface area contributed by atoms with E-state index in [0.717, 1.165) is 17.0 Å². The monoisotopic (exact) mass is 513 g/mol. The molecule has 0 amide bonds. The van der Waals surface area contributed by atoms with Gasteiger partial charge in [-0.3, -0.25) is 0 Å². The van der Waals surface area contributed by atoms with Crippen molar-refractivity contribution in [3.8, 4) is 5.88 Å². The standard InChI is InChI=1S/C27H30F3N5O2/c1-13-14(2)33-25-23(32-13)22(19-12-20(27(28,29)30)17-9-16(19)10-17)34-24(35-25)15-6-8-37-21(11-15)18-5-4-7-31-26(18)36-3/h4-5,7,15-17,19-21H,6,8-12H2,1-3H3/t15-,16?,17?,19?,20-,21+/m0/s1. The van der Waals surface area contributed by atoms with Crippen LogP contribution in [0.1, 0.15) is 78.5 Å². The third kappa shape index (κ3) is 4.32. The van der Waals surface area contributed by atoms with Gasteiger partial charge in [0.2, 0.25) is 5.88 Å². The molecule has 3 saturated carbocycles. The Balaban J connectivity index is 1.40. The van der Waals surface area contributed by atoms with Crippen molar-refractivity contribution < 1.29 is 22.6 Å². The Morgan fingerprint density at radius 2 is 1.76 bits per heavy atom. The molecule has 1 unspecified atom stereocenters. The van der Waals surface area contributed by atoms with Crippen LogP contribution in [0.25, 0.3) is 11.2 Å². The molecule has 4 aliphatic rings. The van der Waals surface area contributed by atoms with Crippen molar-refractivity contribution in [2.45, 2.75) is 70.1 Å². The van der Waals surface area contributed by atoms with Crippen molar-refractivity contribution >= 4 is 11.2 Å². The molecule has 37 heavy (non-hydrogen) atoms. The molecular weight excluding hydrogens is 483 g/mol. The van der Waals surface area contributed by atoms with Crippen LogP contribution >= 0.6 is 0 Å². The lowest BCUT2D eigenvalue weighted by Crippen LogP contribution is -2.47. The molecule has 0 radical (unpaired) electrons. The van der Waals surface area contributed by atoms with Gasteiger partial charge in [0.05, 0.1) is 36.2 Å². The van der Waals surface area contributed by atoms with Crippen LogP contribution in [0.3, 0.4) is 0 Å². The number of fused-ring (bicyclic) bond motifs is 3. The number of hydrogen-bond acceptors (Lipinski definition) is 7. The molecule has 3 aliphatic carbocycles. The second kappa shape index (κ2) is 9.15. The first-order valence-corrected chi connectivity index (χ1v) is 12.9. The molecule has 0 N–H and O–H groups in total. The number of aromatic nitrogens is 5. The predicted octanol–water partition coefficient (Wildman–Crippen LogP) is 5.77. The molecular formula is C27H30F3N5O2. The average molecular weight is 514 g/mol. The van der Waals surface area contributed by atoms with Crippen LogP contribution in [0.5, 0.6) is 5.88 Å². The summed E-state index contributed by atoms with van der Waals surface area (Å²) in [5.74, 6) is -0.570. The summed E-state index contributed by atoms with van der Waals surface area (Å²) in [6.07, 6.45) is -0.198. The number of rotatable bonds is 4. The lowest BCUT2D eigenvalue weighted by atomic mass is 9.54. The highest BCUT2D eigenvalue weighted by atomic mass is 19.4. The van der Waals surface area contributed by atoms with Crippen molar-refractivity contribution in [2.24, 2.45) is 17.8 Å². The molecule has 4 atom stereocenters. The fraction of sp³-hybridized carbons (Fsp3) is 0.593. The summed E-state index contributed by atoms with van der Waals surface area (Å²) in [5.41, 5.74) is 4.01. The maximum Gasteiger partial charge on any atom is 0.392 e. The second-order valence-corrected chi connectivity index (χ2v) is 10.7. The zero-order chi connectivity index (χ0) is 25.9. The van der Waals surface area contributed by atoms with E-state index in [1.165, 1.54) is 0 Å². The first kappa shape index (κ1) is 24.5. The van der Waals surface area contributed by atoms with Gasteiger partial charge < -0.3 is 9.47 Å². The van der Waals surface area contributed by atoms with Gasteiger partial charge >= 0.3 is 6.18 Å². The first-order chi connectivity index (χ1) is 17.7. The number of halogens is 3. The molecule has 2 bridgehead atoms. The van der Waals surface area contributed by atoms with Gasteiger partial charge in [0.15, 0.2) is 5.65 Å². The Hall–Kier alpha value is -2.88. The van der Waals surface area contributed by atoms with Gasteiger partial charge in [-0.05, 0) is 69.9 Å². The summed E-state index contributed by atoms with van der Waals surface area (Å²) in [6, 6.07) is 3.79. The Morgan fingerprint density at radius 1 is 0.973 bits per heavy atom. The van der Waals surface area contributed by atoms with E-state index in [1.807, 2.05) is 26.0 Å². The van der Waals surface area contributed by atoms with Crippen LogP contribution < -0.4 is 4.74 Å². The molecule has 0 spiro atoms. The largest absolute Gasteiger partial charge is 0.481 e. The molecule has 1 saturated heterocycles. The fourth-order valence-corrected chi connectivity index (χ4v) is 6.42. The number of hydrogen-bond donors (Lipinski definition) is 0. The smallest absolute Gasteiger partial charge is 0.392 e. The molecule has 7 rings (SSSR count). The van der Waals surface area contributed by atoms with E-state index in [4.69, 9.17) is 29.4 Å². The predicted molar refractivity (Wildman–Crippen MR) is 129 cm³/mol. The van der Waals surface area contributed by atoms with Crippen LogP contribution in [0.15, 0.2) is 18.3 Å². The van der Waals surface area contributed by atoms with Crippen LogP contribution in [-0.4, -0.2) is 44.8 Å². The maximum atomic E-state index is 13.9. The van der Waals surface area contributed by atoms with Gasteiger partial charge in [-0.1, -0.05) is 0 Å². The van der Waals surface area contributed by atoms with Gasteiger partial charge in [0.25, 0.3) is 0 Å². The molecule has 10 heteroatoms. The van der Waals surface area contributed by atoms with Crippen LogP contribution in [0, 0.1) is 31.6 Å². The molecule has 196 valence electrons. The van der Waals surface area contributed by atoms with E-state index in [1.54, 1.807) is 13.3 Å². The quantitative estimate of drug-likeness (QED) is 0.438. The van der Waals surface area contributed by atoms with Gasteiger partial charge in [-0.25, -0.2) is 24.9 Å². The third-order valence-corrected chi connectivity index (χ3v) is 8.61. The lowest BCUT2D eigenvalue weighted by molar-refractivity contribution is -0.219. The average Bonchev–Trinajstić information content (AvgIpc) is 2.87. The highest BCUT2D eigenvalue weighted by molar-refractivity contribution is 5.73. The minimum absolute atomic E-state index is 0.0358. The highest BCUT2D eigenvalue weighted by Crippen LogP contribution is 2.59. The SMILES string of the molecule is COc1ncccc1[C@H]1C[C@@H](c2nc(C3C[C@H](C(F)(F)F)C4CC3C4)c3nc(C)c(C)nc3n2)CCO1. The molecule has 0 aromatic carbocycles. The van der Waals surface area contributed by atoms with Gasteiger partial charge in [0.1, 0.15) is 11.3 Å². The minimum Gasteiger partial charge on any atom is -0.481 e. The topological polar surface area (TPSA) is 82.9 Å². The molecule has 3 aromatic rings. The molecule has 1 aliphatic heterocycles. The van der Waals surface area contributed by atoms with Crippen LogP contribution in [-0.2, 0) is 4.74 Å². The van der Waals surface area contributed by atoms with Crippen molar-refractivity contribution in [3.63, 3.8) is 0 Å². The fourth-order valence-electron chi connectivity index (χ4n) is 6.42.